The zero-order chi connectivity index (χ0) is 12.8. The molecule has 1 aromatic rings. The lowest BCUT2D eigenvalue weighted by Gasteiger charge is -2.08. The summed E-state index contributed by atoms with van der Waals surface area (Å²) in [6.07, 6.45) is 0. The van der Waals surface area contributed by atoms with Crippen LogP contribution in [-0.2, 0) is 9.53 Å². The molecule has 0 radical (unpaired) electrons. The molecule has 88 valence electrons. The molecule has 1 atom stereocenters. The lowest BCUT2D eigenvalue weighted by atomic mass is 10.0. The van der Waals surface area contributed by atoms with Gasteiger partial charge in [-0.1, -0.05) is 12.1 Å². The topological polar surface area (TPSA) is 93.2 Å². The number of esters is 1. The molecule has 0 saturated carbocycles. The molecule has 17 heavy (non-hydrogen) atoms. The van der Waals surface area contributed by atoms with Crippen LogP contribution >= 0.6 is 0 Å². The first-order valence-corrected chi connectivity index (χ1v) is 4.82. The van der Waals surface area contributed by atoms with Gasteiger partial charge in [0.1, 0.15) is 12.5 Å². The summed E-state index contributed by atoms with van der Waals surface area (Å²) >= 11 is 0. The van der Waals surface area contributed by atoms with E-state index in [1.165, 1.54) is 31.2 Å². The Kier molecular flexibility index (Phi) is 4.17. The number of nitriles is 1. The standard InChI is InChI=1S/C11H10N2O4/c1-8(14)17-7-10(6-12)9-2-4-11(5-3-9)13(15)16/h2-5,10H,7H2,1H3. The Labute approximate surface area is 97.6 Å². The molecule has 6 nitrogen and oxygen atoms in total. The summed E-state index contributed by atoms with van der Waals surface area (Å²) in [7, 11) is 0. The third-order valence-corrected chi connectivity index (χ3v) is 2.12. The van der Waals surface area contributed by atoms with Gasteiger partial charge in [-0.2, -0.15) is 5.26 Å². The van der Waals surface area contributed by atoms with E-state index < -0.39 is 16.8 Å². The second-order valence-corrected chi connectivity index (χ2v) is 3.33. The monoisotopic (exact) mass is 234 g/mol. The van der Waals surface area contributed by atoms with Crippen molar-refractivity contribution in [2.75, 3.05) is 6.61 Å². The van der Waals surface area contributed by atoms with Crippen molar-refractivity contribution in [3.05, 3.63) is 39.9 Å². The van der Waals surface area contributed by atoms with Crippen LogP contribution in [0.25, 0.3) is 0 Å². The number of hydrogen-bond acceptors (Lipinski definition) is 5. The van der Waals surface area contributed by atoms with Gasteiger partial charge in [0.15, 0.2) is 0 Å². The number of nitro groups is 1. The van der Waals surface area contributed by atoms with E-state index in [0.29, 0.717) is 5.56 Å². The van der Waals surface area contributed by atoms with E-state index in [9.17, 15) is 14.9 Å². The number of nitro benzene ring substituents is 1. The fourth-order valence-corrected chi connectivity index (χ4v) is 1.24. The molecule has 0 bridgehead atoms. The zero-order valence-electron chi connectivity index (χ0n) is 9.12. The average Bonchev–Trinajstić information content (AvgIpc) is 2.30. The molecule has 0 fully saturated rings. The van der Waals surface area contributed by atoms with Crippen LogP contribution in [-0.4, -0.2) is 17.5 Å². The summed E-state index contributed by atoms with van der Waals surface area (Å²) in [4.78, 5) is 20.5. The minimum Gasteiger partial charge on any atom is -0.464 e. The Balaban J connectivity index is 2.79. The molecule has 1 rings (SSSR count). The molecule has 0 aromatic heterocycles. The van der Waals surface area contributed by atoms with Gasteiger partial charge in [-0.3, -0.25) is 14.9 Å². The predicted octanol–water partition coefficient (Wildman–Crippen LogP) is 1.77. The Morgan fingerprint density at radius 2 is 2.12 bits per heavy atom. The molecular formula is C11H10N2O4. The maximum absolute atomic E-state index is 10.6. The van der Waals surface area contributed by atoms with Crippen LogP contribution in [0.4, 0.5) is 5.69 Å². The number of non-ortho nitro benzene ring substituents is 1. The SMILES string of the molecule is CC(=O)OCC(C#N)c1ccc([N+](=O)[O-])cc1. The van der Waals surface area contributed by atoms with Crippen molar-refractivity contribution in [2.45, 2.75) is 12.8 Å². The minimum atomic E-state index is -0.611. The summed E-state index contributed by atoms with van der Waals surface area (Å²) in [5, 5.41) is 19.3. The van der Waals surface area contributed by atoms with Crippen LogP contribution in [0.2, 0.25) is 0 Å². The normalized spacial score (nSPS) is 11.3. The Hall–Kier alpha value is -2.42. The van der Waals surface area contributed by atoms with E-state index in [-0.39, 0.29) is 12.3 Å². The minimum absolute atomic E-state index is 0.0436. The van der Waals surface area contributed by atoms with E-state index in [1.807, 2.05) is 6.07 Å². The fraction of sp³-hybridized carbons (Fsp3) is 0.273. The van der Waals surface area contributed by atoms with Crippen molar-refractivity contribution in [2.24, 2.45) is 0 Å². The third kappa shape index (κ3) is 3.57. The third-order valence-electron chi connectivity index (χ3n) is 2.12. The first-order valence-electron chi connectivity index (χ1n) is 4.82. The molecule has 0 aliphatic heterocycles. The number of carbonyl (C=O) groups is 1. The van der Waals surface area contributed by atoms with Gasteiger partial charge < -0.3 is 4.74 Å². The van der Waals surface area contributed by atoms with Gasteiger partial charge in [0.2, 0.25) is 0 Å². The van der Waals surface area contributed by atoms with Gasteiger partial charge >= 0.3 is 5.97 Å². The molecule has 1 unspecified atom stereocenters. The Morgan fingerprint density at radius 3 is 2.53 bits per heavy atom. The second kappa shape index (κ2) is 5.61. The molecule has 0 aliphatic carbocycles. The number of ether oxygens (including phenoxy) is 1. The smallest absolute Gasteiger partial charge is 0.302 e. The van der Waals surface area contributed by atoms with Crippen LogP contribution < -0.4 is 0 Å². The predicted molar refractivity (Wildman–Crippen MR) is 58.1 cm³/mol. The quantitative estimate of drug-likeness (QED) is 0.449. The Bertz CT molecular complexity index is 461. The Morgan fingerprint density at radius 1 is 1.53 bits per heavy atom. The zero-order valence-corrected chi connectivity index (χ0v) is 9.12. The first kappa shape index (κ1) is 12.6. The van der Waals surface area contributed by atoms with Crippen molar-refractivity contribution in [1.29, 1.82) is 5.26 Å². The fourth-order valence-electron chi connectivity index (χ4n) is 1.24. The highest BCUT2D eigenvalue weighted by Crippen LogP contribution is 2.19. The molecule has 6 heteroatoms. The van der Waals surface area contributed by atoms with Gasteiger partial charge in [0.05, 0.1) is 11.0 Å². The number of rotatable bonds is 4. The second-order valence-electron chi connectivity index (χ2n) is 3.33. The molecular weight excluding hydrogens is 224 g/mol. The van der Waals surface area contributed by atoms with E-state index in [2.05, 4.69) is 0 Å². The van der Waals surface area contributed by atoms with E-state index in [1.54, 1.807) is 0 Å². The maximum atomic E-state index is 10.6. The number of hydrogen-bond donors (Lipinski definition) is 0. The summed E-state index contributed by atoms with van der Waals surface area (Å²) in [5.74, 6) is -1.08. The van der Waals surface area contributed by atoms with Gasteiger partial charge in [0.25, 0.3) is 5.69 Å². The average molecular weight is 234 g/mol. The molecule has 0 heterocycles. The summed E-state index contributed by atoms with van der Waals surface area (Å²) in [6, 6.07) is 7.56. The summed E-state index contributed by atoms with van der Waals surface area (Å²) in [5.41, 5.74) is 0.539. The van der Waals surface area contributed by atoms with Gasteiger partial charge in [0, 0.05) is 19.1 Å². The van der Waals surface area contributed by atoms with E-state index in [0.717, 1.165) is 0 Å². The summed E-state index contributed by atoms with van der Waals surface area (Å²) in [6.45, 7) is 1.20. The van der Waals surface area contributed by atoms with E-state index in [4.69, 9.17) is 10.00 Å². The van der Waals surface area contributed by atoms with Gasteiger partial charge in [-0.15, -0.1) is 0 Å². The van der Waals surface area contributed by atoms with Crippen LogP contribution in [0.3, 0.4) is 0 Å². The molecule has 0 N–H and O–H groups in total. The van der Waals surface area contributed by atoms with Crippen molar-refractivity contribution < 1.29 is 14.5 Å². The van der Waals surface area contributed by atoms with E-state index >= 15 is 0 Å². The van der Waals surface area contributed by atoms with Gasteiger partial charge in [-0.25, -0.2) is 0 Å². The highest BCUT2D eigenvalue weighted by atomic mass is 16.6. The first-order chi connectivity index (χ1) is 8.04. The number of carbonyl (C=O) groups excluding carboxylic acids is 1. The van der Waals surface area contributed by atoms with Crippen molar-refractivity contribution >= 4 is 11.7 Å². The largest absolute Gasteiger partial charge is 0.464 e. The maximum Gasteiger partial charge on any atom is 0.302 e. The van der Waals surface area contributed by atoms with Crippen LogP contribution in [0.5, 0.6) is 0 Å². The lowest BCUT2D eigenvalue weighted by molar-refractivity contribution is -0.384. The summed E-state index contributed by atoms with van der Waals surface area (Å²) < 4.78 is 4.73. The van der Waals surface area contributed by atoms with Crippen molar-refractivity contribution in [3.63, 3.8) is 0 Å². The number of benzene rings is 1. The van der Waals surface area contributed by atoms with Gasteiger partial charge in [-0.05, 0) is 5.56 Å². The molecule has 0 amide bonds. The van der Waals surface area contributed by atoms with Crippen molar-refractivity contribution in [3.8, 4) is 6.07 Å². The molecule has 1 aromatic carbocycles. The van der Waals surface area contributed by atoms with Crippen LogP contribution in [0.15, 0.2) is 24.3 Å². The van der Waals surface area contributed by atoms with Crippen molar-refractivity contribution in [1.82, 2.24) is 0 Å². The highest BCUT2D eigenvalue weighted by Gasteiger charge is 2.14. The molecule has 0 aliphatic rings. The van der Waals surface area contributed by atoms with Crippen LogP contribution in [0, 0.1) is 21.4 Å². The lowest BCUT2D eigenvalue weighted by Crippen LogP contribution is -2.09. The molecule has 0 saturated heterocycles. The highest BCUT2D eigenvalue weighted by molar-refractivity contribution is 5.66. The molecule has 0 spiro atoms. The van der Waals surface area contributed by atoms with Crippen LogP contribution in [0.1, 0.15) is 18.4 Å². The number of nitrogens with zero attached hydrogens (tertiary/aromatic N) is 2.